The Morgan fingerprint density at radius 3 is 2.33 bits per heavy atom. The zero-order valence-corrected chi connectivity index (χ0v) is 12.1. The number of pyridine rings is 1. The molecule has 2 N–H and O–H groups in total. The monoisotopic (exact) mass is 288 g/mol. The maximum absolute atomic E-state index is 12.9. The average Bonchev–Trinajstić information content (AvgIpc) is 2.40. The van der Waals surface area contributed by atoms with E-state index in [1.54, 1.807) is 18.2 Å². The van der Waals surface area contributed by atoms with Crippen LogP contribution in [0.15, 0.2) is 36.4 Å². The summed E-state index contributed by atoms with van der Waals surface area (Å²) in [7, 11) is 0. The zero-order valence-electron chi connectivity index (χ0n) is 12.1. The van der Waals surface area contributed by atoms with E-state index >= 15 is 0 Å². The maximum Gasteiger partial charge on any atom is 0.335 e. The van der Waals surface area contributed by atoms with E-state index in [1.165, 1.54) is 18.2 Å². The lowest BCUT2D eigenvalue weighted by atomic mass is 9.91. The molecule has 1 aromatic heterocycles. The van der Waals surface area contributed by atoms with Gasteiger partial charge in [0.2, 0.25) is 0 Å². The minimum Gasteiger partial charge on any atom is -0.478 e. The molecule has 5 heteroatoms. The molecule has 21 heavy (non-hydrogen) atoms. The summed E-state index contributed by atoms with van der Waals surface area (Å²) in [5.74, 6) is -0.917. The van der Waals surface area contributed by atoms with Crippen molar-refractivity contribution in [1.82, 2.24) is 4.98 Å². The van der Waals surface area contributed by atoms with Gasteiger partial charge in [0, 0.05) is 16.8 Å². The molecule has 0 aliphatic rings. The first-order valence-corrected chi connectivity index (χ1v) is 6.54. The number of aromatic carboxylic acids is 1. The second-order valence-electron chi connectivity index (χ2n) is 5.81. The predicted octanol–water partition coefficient (Wildman–Crippen LogP) is 3.96. The molecule has 1 aromatic carbocycles. The summed E-state index contributed by atoms with van der Waals surface area (Å²) >= 11 is 0. The summed E-state index contributed by atoms with van der Waals surface area (Å²) in [6.45, 7) is 5.88. The number of hydrogen-bond acceptors (Lipinski definition) is 3. The van der Waals surface area contributed by atoms with E-state index in [0.29, 0.717) is 17.2 Å². The van der Waals surface area contributed by atoms with Gasteiger partial charge in [-0.3, -0.25) is 0 Å². The van der Waals surface area contributed by atoms with Gasteiger partial charge in [0.25, 0.3) is 0 Å². The minimum absolute atomic E-state index is 0.166. The molecule has 4 nitrogen and oxygen atoms in total. The molecule has 0 aliphatic heterocycles. The summed E-state index contributed by atoms with van der Waals surface area (Å²) in [6, 6.07) is 8.82. The largest absolute Gasteiger partial charge is 0.478 e. The van der Waals surface area contributed by atoms with Crippen molar-refractivity contribution >= 4 is 17.5 Å². The van der Waals surface area contributed by atoms with Crippen LogP contribution in [0.4, 0.5) is 15.9 Å². The van der Waals surface area contributed by atoms with Gasteiger partial charge in [0.1, 0.15) is 11.6 Å². The predicted molar refractivity (Wildman–Crippen MR) is 79.6 cm³/mol. The quantitative estimate of drug-likeness (QED) is 0.897. The molecule has 0 radical (unpaired) electrons. The zero-order chi connectivity index (χ0) is 15.6. The highest BCUT2D eigenvalue weighted by Crippen LogP contribution is 2.25. The van der Waals surface area contributed by atoms with Gasteiger partial charge in [-0.25, -0.2) is 14.2 Å². The fourth-order valence-corrected chi connectivity index (χ4v) is 1.78. The lowest BCUT2D eigenvalue weighted by molar-refractivity contribution is 0.0696. The highest BCUT2D eigenvalue weighted by atomic mass is 19.1. The van der Waals surface area contributed by atoms with Crippen molar-refractivity contribution in [2.24, 2.45) is 0 Å². The van der Waals surface area contributed by atoms with Crippen LogP contribution in [0, 0.1) is 5.82 Å². The van der Waals surface area contributed by atoms with Crippen LogP contribution in [-0.2, 0) is 5.41 Å². The van der Waals surface area contributed by atoms with Gasteiger partial charge in [-0.05, 0) is 36.4 Å². The molecular weight excluding hydrogens is 271 g/mol. The molecule has 0 spiro atoms. The third-order valence-corrected chi connectivity index (χ3v) is 2.96. The van der Waals surface area contributed by atoms with Crippen LogP contribution >= 0.6 is 0 Å². The molecule has 0 saturated heterocycles. The fourth-order valence-electron chi connectivity index (χ4n) is 1.78. The van der Waals surface area contributed by atoms with Crippen molar-refractivity contribution in [3.05, 3.63) is 53.5 Å². The Hall–Kier alpha value is -2.43. The minimum atomic E-state index is -1.01. The number of carbonyl (C=O) groups is 1. The van der Waals surface area contributed by atoms with Crippen LogP contribution in [0.1, 0.15) is 36.8 Å². The summed E-state index contributed by atoms with van der Waals surface area (Å²) in [5.41, 5.74) is 1.21. The van der Waals surface area contributed by atoms with Crippen LogP contribution in [0.3, 0.4) is 0 Å². The SMILES string of the molecule is CC(C)(C)c1cc(C(=O)O)cc(Nc2ccc(F)cc2)n1. The Kier molecular flexibility index (Phi) is 3.93. The van der Waals surface area contributed by atoms with Gasteiger partial charge in [0.05, 0.1) is 5.56 Å². The second kappa shape index (κ2) is 5.52. The van der Waals surface area contributed by atoms with E-state index in [2.05, 4.69) is 10.3 Å². The van der Waals surface area contributed by atoms with Crippen LogP contribution in [0.2, 0.25) is 0 Å². The Morgan fingerprint density at radius 2 is 1.81 bits per heavy atom. The number of anilines is 2. The number of hydrogen-bond donors (Lipinski definition) is 2. The van der Waals surface area contributed by atoms with Crippen molar-refractivity contribution in [3.63, 3.8) is 0 Å². The van der Waals surface area contributed by atoms with Gasteiger partial charge in [-0.1, -0.05) is 20.8 Å². The molecule has 2 aromatic rings. The lowest BCUT2D eigenvalue weighted by Crippen LogP contribution is -2.16. The number of nitrogens with one attached hydrogen (secondary N) is 1. The molecule has 0 saturated carbocycles. The molecule has 2 rings (SSSR count). The Morgan fingerprint density at radius 1 is 1.19 bits per heavy atom. The molecule has 110 valence electrons. The highest BCUT2D eigenvalue weighted by Gasteiger charge is 2.19. The van der Waals surface area contributed by atoms with Crippen molar-refractivity contribution in [2.75, 3.05) is 5.32 Å². The van der Waals surface area contributed by atoms with Crippen molar-refractivity contribution in [3.8, 4) is 0 Å². The van der Waals surface area contributed by atoms with Crippen LogP contribution in [0.5, 0.6) is 0 Å². The van der Waals surface area contributed by atoms with E-state index in [1.807, 2.05) is 20.8 Å². The number of benzene rings is 1. The number of rotatable bonds is 3. The maximum atomic E-state index is 12.9. The molecule has 0 unspecified atom stereocenters. The smallest absolute Gasteiger partial charge is 0.335 e. The molecular formula is C16H17FN2O2. The van der Waals surface area contributed by atoms with Gasteiger partial charge < -0.3 is 10.4 Å². The van der Waals surface area contributed by atoms with Crippen LogP contribution < -0.4 is 5.32 Å². The first-order valence-electron chi connectivity index (χ1n) is 6.54. The van der Waals surface area contributed by atoms with Crippen molar-refractivity contribution in [1.29, 1.82) is 0 Å². The topological polar surface area (TPSA) is 62.2 Å². The van der Waals surface area contributed by atoms with E-state index in [0.717, 1.165) is 0 Å². The normalized spacial score (nSPS) is 11.2. The summed E-state index contributed by atoms with van der Waals surface area (Å²) in [5, 5.41) is 12.2. The summed E-state index contributed by atoms with van der Waals surface area (Å²) in [6.07, 6.45) is 0. The third kappa shape index (κ3) is 3.78. The van der Waals surface area contributed by atoms with Gasteiger partial charge in [-0.2, -0.15) is 0 Å². The molecule has 0 amide bonds. The molecule has 0 fully saturated rings. The Bertz CT molecular complexity index is 661. The summed E-state index contributed by atoms with van der Waals surface area (Å²) in [4.78, 5) is 15.7. The Labute approximate surface area is 122 Å². The number of carboxylic acids is 1. The molecule has 0 aliphatic carbocycles. The van der Waals surface area contributed by atoms with Gasteiger partial charge in [0.15, 0.2) is 0 Å². The van der Waals surface area contributed by atoms with Crippen LogP contribution in [-0.4, -0.2) is 16.1 Å². The first kappa shape index (κ1) is 15.0. The van der Waals surface area contributed by atoms with Crippen molar-refractivity contribution < 1.29 is 14.3 Å². The number of carboxylic acid groups (broad SMARTS) is 1. The average molecular weight is 288 g/mol. The number of aromatic nitrogens is 1. The summed E-state index contributed by atoms with van der Waals surface area (Å²) < 4.78 is 12.9. The Balaban J connectivity index is 2.40. The van der Waals surface area contributed by atoms with E-state index < -0.39 is 5.97 Å². The second-order valence-corrected chi connectivity index (χ2v) is 5.81. The van der Waals surface area contributed by atoms with Crippen molar-refractivity contribution in [2.45, 2.75) is 26.2 Å². The molecule has 1 heterocycles. The molecule has 0 atom stereocenters. The van der Waals surface area contributed by atoms with Gasteiger partial charge >= 0.3 is 5.97 Å². The molecule has 0 bridgehead atoms. The first-order chi connectivity index (χ1) is 9.75. The lowest BCUT2D eigenvalue weighted by Gasteiger charge is -2.19. The van der Waals surface area contributed by atoms with E-state index in [4.69, 9.17) is 0 Å². The van der Waals surface area contributed by atoms with Crippen LogP contribution in [0.25, 0.3) is 0 Å². The standard InChI is InChI=1S/C16H17FN2O2/c1-16(2,3)13-8-10(15(20)21)9-14(19-13)18-12-6-4-11(17)5-7-12/h4-9H,1-3H3,(H,18,19)(H,20,21). The number of halogens is 1. The highest BCUT2D eigenvalue weighted by molar-refractivity contribution is 5.89. The third-order valence-electron chi connectivity index (χ3n) is 2.96. The van der Waals surface area contributed by atoms with E-state index in [9.17, 15) is 14.3 Å². The fraction of sp³-hybridized carbons (Fsp3) is 0.250. The van der Waals surface area contributed by atoms with Gasteiger partial charge in [-0.15, -0.1) is 0 Å². The van der Waals surface area contributed by atoms with E-state index in [-0.39, 0.29) is 16.8 Å². The number of nitrogens with zero attached hydrogens (tertiary/aromatic N) is 1.